The van der Waals surface area contributed by atoms with Gasteiger partial charge in [-0.2, -0.15) is 13.2 Å². The number of hydrogen-bond acceptors (Lipinski definition) is 2. The fourth-order valence-corrected chi connectivity index (χ4v) is 2.95. The molecular weight excluding hydrogens is 391 g/mol. The summed E-state index contributed by atoms with van der Waals surface area (Å²) in [5, 5.41) is -0.442. The summed E-state index contributed by atoms with van der Waals surface area (Å²) in [6.45, 7) is 0.0187. The molecule has 0 saturated carbocycles. The summed E-state index contributed by atoms with van der Waals surface area (Å²) in [5.74, 6) is 0. The predicted octanol–water partition coefficient (Wildman–Crippen LogP) is 5.51. The van der Waals surface area contributed by atoms with Crippen molar-refractivity contribution in [2.45, 2.75) is 12.7 Å². The molecule has 2 aromatic carbocycles. The molecule has 0 bridgehead atoms. The lowest BCUT2D eigenvalue weighted by Crippen LogP contribution is -2.35. The molecule has 0 fully saturated rings. The zero-order valence-corrected chi connectivity index (χ0v) is 15.2. The molecule has 0 saturated heterocycles. The summed E-state index contributed by atoms with van der Waals surface area (Å²) in [7, 11) is 0. The minimum atomic E-state index is -4.64. The van der Waals surface area contributed by atoms with Crippen molar-refractivity contribution in [3.63, 3.8) is 0 Å². The second-order valence-corrected chi connectivity index (χ2v) is 6.43. The molecule has 0 aliphatic rings. The van der Waals surface area contributed by atoms with E-state index in [2.05, 4.69) is 4.98 Å². The Kier molecular flexibility index (Phi) is 5.56. The number of primary amides is 1. The Bertz CT molecular complexity index is 976. The molecule has 1 heterocycles. The number of aromatic nitrogens is 1. The van der Waals surface area contributed by atoms with Gasteiger partial charge >= 0.3 is 12.2 Å². The summed E-state index contributed by atoms with van der Waals surface area (Å²) >= 11 is 5.64. The van der Waals surface area contributed by atoms with E-state index in [0.29, 0.717) is 5.56 Å². The first-order chi connectivity index (χ1) is 13.3. The van der Waals surface area contributed by atoms with E-state index in [1.165, 1.54) is 6.07 Å². The predicted molar refractivity (Wildman–Crippen MR) is 102 cm³/mol. The van der Waals surface area contributed by atoms with Crippen LogP contribution >= 0.6 is 11.6 Å². The topological polar surface area (TPSA) is 59.2 Å². The molecule has 4 nitrogen and oxygen atoms in total. The minimum Gasteiger partial charge on any atom is -0.351 e. The highest BCUT2D eigenvalue weighted by molar-refractivity contribution is 6.31. The molecule has 0 spiro atoms. The summed E-state index contributed by atoms with van der Waals surface area (Å²) in [6, 6.07) is 13.4. The second kappa shape index (κ2) is 7.90. The van der Waals surface area contributed by atoms with Gasteiger partial charge in [0.2, 0.25) is 0 Å². The largest absolute Gasteiger partial charge is 0.417 e. The summed E-state index contributed by atoms with van der Waals surface area (Å²) in [5.41, 5.74) is 7.02. The van der Waals surface area contributed by atoms with E-state index in [9.17, 15) is 18.0 Å². The SMILES string of the molecule is NC(=O)N(Cc1ccc(-c2ccncc2)cc1)c1ccc(Cl)c(C(F)(F)F)c1. The lowest BCUT2D eigenvalue weighted by Gasteiger charge is -2.22. The van der Waals surface area contributed by atoms with Crippen molar-refractivity contribution >= 4 is 23.3 Å². The smallest absolute Gasteiger partial charge is 0.351 e. The molecule has 2 amide bonds. The van der Waals surface area contributed by atoms with E-state index in [-0.39, 0.29) is 12.2 Å². The van der Waals surface area contributed by atoms with Crippen molar-refractivity contribution in [2.24, 2.45) is 5.73 Å². The number of rotatable bonds is 4. The number of halogens is 4. The van der Waals surface area contributed by atoms with Crippen LogP contribution < -0.4 is 10.6 Å². The normalized spacial score (nSPS) is 11.3. The molecule has 28 heavy (non-hydrogen) atoms. The van der Waals surface area contributed by atoms with Gasteiger partial charge in [0.15, 0.2) is 0 Å². The molecule has 3 aromatic rings. The van der Waals surface area contributed by atoms with Crippen LogP contribution in [0.25, 0.3) is 11.1 Å². The Morgan fingerprint density at radius 2 is 1.61 bits per heavy atom. The van der Waals surface area contributed by atoms with Crippen molar-refractivity contribution in [1.29, 1.82) is 0 Å². The summed E-state index contributed by atoms with van der Waals surface area (Å²) in [6.07, 6.45) is -1.28. The number of nitrogens with zero attached hydrogens (tertiary/aromatic N) is 2. The van der Waals surface area contributed by atoms with Crippen LogP contribution in [0.3, 0.4) is 0 Å². The average Bonchev–Trinajstić information content (AvgIpc) is 2.67. The molecule has 1 aromatic heterocycles. The molecule has 0 aliphatic carbocycles. The Balaban J connectivity index is 1.87. The van der Waals surface area contributed by atoms with Crippen molar-refractivity contribution < 1.29 is 18.0 Å². The lowest BCUT2D eigenvalue weighted by molar-refractivity contribution is -0.137. The van der Waals surface area contributed by atoms with Gasteiger partial charge in [-0.15, -0.1) is 0 Å². The van der Waals surface area contributed by atoms with Gasteiger partial charge in [-0.3, -0.25) is 9.88 Å². The van der Waals surface area contributed by atoms with Crippen LogP contribution in [-0.2, 0) is 12.7 Å². The van der Waals surface area contributed by atoms with Gasteiger partial charge in [-0.1, -0.05) is 35.9 Å². The quantitative estimate of drug-likeness (QED) is 0.622. The van der Waals surface area contributed by atoms with E-state index in [1.54, 1.807) is 24.5 Å². The number of pyridine rings is 1. The monoisotopic (exact) mass is 405 g/mol. The van der Waals surface area contributed by atoms with Gasteiger partial charge in [0.25, 0.3) is 0 Å². The first kappa shape index (κ1) is 19.7. The maximum atomic E-state index is 13.1. The maximum Gasteiger partial charge on any atom is 0.417 e. The molecule has 144 valence electrons. The van der Waals surface area contributed by atoms with E-state index < -0.39 is 22.8 Å². The number of anilines is 1. The number of alkyl halides is 3. The minimum absolute atomic E-state index is 0.0161. The first-order valence-electron chi connectivity index (χ1n) is 8.19. The fraction of sp³-hybridized carbons (Fsp3) is 0.100. The van der Waals surface area contributed by atoms with E-state index in [0.717, 1.165) is 28.2 Å². The van der Waals surface area contributed by atoms with Crippen LogP contribution in [0.1, 0.15) is 11.1 Å². The van der Waals surface area contributed by atoms with E-state index in [1.807, 2.05) is 24.3 Å². The number of carbonyl (C=O) groups is 1. The Morgan fingerprint density at radius 1 is 1.00 bits per heavy atom. The van der Waals surface area contributed by atoms with E-state index in [4.69, 9.17) is 17.3 Å². The van der Waals surface area contributed by atoms with E-state index >= 15 is 0 Å². The number of carbonyl (C=O) groups excluding carboxylic acids is 1. The molecule has 0 atom stereocenters. The number of amides is 2. The zero-order chi connectivity index (χ0) is 20.3. The standard InChI is InChI=1S/C20H15ClF3N3O/c21-18-6-5-16(11-17(18)20(22,23)24)27(19(25)28)12-13-1-3-14(4-2-13)15-7-9-26-10-8-15/h1-11H,12H2,(H2,25,28). The highest BCUT2D eigenvalue weighted by Gasteiger charge is 2.34. The third-order valence-electron chi connectivity index (χ3n) is 4.14. The second-order valence-electron chi connectivity index (χ2n) is 6.02. The maximum absolute atomic E-state index is 13.1. The Morgan fingerprint density at radius 3 is 2.18 bits per heavy atom. The zero-order valence-electron chi connectivity index (χ0n) is 14.4. The van der Waals surface area contributed by atoms with Crippen molar-refractivity contribution in [3.05, 3.63) is 83.1 Å². The van der Waals surface area contributed by atoms with Gasteiger partial charge in [0, 0.05) is 18.1 Å². The summed E-state index contributed by atoms with van der Waals surface area (Å²) < 4.78 is 39.3. The molecule has 0 aliphatic heterocycles. The van der Waals surface area contributed by atoms with Crippen LogP contribution in [0.2, 0.25) is 5.02 Å². The Labute approximate surface area is 164 Å². The van der Waals surface area contributed by atoms with Crippen LogP contribution in [-0.4, -0.2) is 11.0 Å². The number of nitrogens with two attached hydrogens (primary N) is 1. The molecule has 0 unspecified atom stereocenters. The molecular formula is C20H15ClF3N3O. The Hall–Kier alpha value is -3.06. The molecule has 3 rings (SSSR count). The van der Waals surface area contributed by atoms with Gasteiger partial charge in [-0.25, -0.2) is 4.79 Å². The number of urea groups is 1. The van der Waals surface area contributed by atoms with Crippen LogP contribution in [0.15, 0.2) is 67.0 Å². The van der Waals surface area contributed by atoms with Gasteiger partial charge < -0.3 is 5.73 Å². The fourth-order valence-electron chi connectivity index (χ4n) is 2.72. The highest BCUT2D eigenvalue weighted by Crippen LogP contribution is 2.37. The van der Waals surface area contributed by atoms with Crippen LogP contribution in [0.5, 0.6) is 0 Å². The highest BCUT2D eigenvalue weighted by atomic mass is 35.5. The lowest BCUT2D eigenvalue weighted by atomic mass is 10.0. The molecule has 8 heteroatoms. The van der Waals surface area contributed by atoms with Gasteiger partial charge in [0.1, 0.15) is 0 Å². The van der Waals surface area contributed by atoms with Crippen LogP contribution in [0.4, 0.5) is 23.7 Å². The van der Waals surface area contributed by atoms with Crippen LogP contribution in [0, 0.1) is 0 Å². The number of benzene rings is 2. The molecule has 2 N–H and O–H groups in total. The molecule has 0 radical (unpaired) electrons. The third kappa shape index (κ3) is 4.43. The average molecular weight is 406 g/mol. The van der Waals surface area contributed by atoms with Gasteiger partial charge in [-0.05, 0) is 47.0 Å². The van der Waals surface area contributed by atoms with Gasteiger partial charge in [0.05, 0.1) is 17.1 Å². The van der Waals surface area contributed by atoms with Crippen molar-refractivity contribution in [1.82, 2.24) is 4.98 Å². The third-order valence-corrected chi connectivity index (χ3v) is 4.47. The first-order valence-corrected chi connectivity index (χ1v) is 8.56. The number of hydrogen-bond donors (Lipinski definition) is 1. The van der Waals surface area contributed by atoms with Crippen molar-refractivity contribution in [3.8, 4) is 11.1 Å². The summed E-state index contributed by atoms with van der Waals surface area (Å²) in [4.78, 5) is 16.9. The van der Waals surface area contributed by atoms with Crippen molar-refractivity contribution in [2.75, 3.05) is 4.90 Å².